The Balaban J connectivity index is 1.37. The van der Waals surface area contributed by atoms with E-state index in [-0.39, 0.29) is 5.91 Å². The Labute approximate surface area is 206 Å². The van der Waals surface area contributed by atoms with Gasteiger partial charge in [-0.15, -0.1) is 0 Å². The van der Waals surface area contributed by atoms with E-state index in [9.17, 15) is 4.79 Å². The molecule has 2 aromatic heterocycles. The number of fused-ring (bicyclic) bond motifs is 1. The van der Waals surface area contributed by atoms with E-state index in [1.807, 2.05) is 65.0 Å². The molecule has 4 aromatic rings. The summed E-state index contributed by atoms with van der Waals surface area (Å²) in [7, 11) is 0. The lowest BCUT2D eigenvalue weighted by Crippen LogP contribution is -2.49. The van der Waals surface area contributed by atoms with Crippen molar-refractivity contribution in [3.05, 3.63) is 77.7 Å². The van der Waals surface area contributed by atoms with Gasteiger partial charge in [0.1, 0.15) is 11.6 Å². The van der Waals surface area contributed by atoms with Crippen LogP contribution in [-0.2, 0) is 17.6 Å². The fourth-order valence-corrected chi connectivity index (χ4v) is 4.74. The van der Waals surface area contributed by atoms with Crippen LogP contribution in [0, 0.1) is 6.92 Å². The van der Waals surface area contributed by atoms with Crippen LogP contribution >= 0.6 is 0 Å². The second-order valence-corrected chi connectivity index (χ2v) is 9.10. The second kappa shape index (κ2) is 10.3. The summed E-state index contributed by atoms with van der Waals surface area (Å²) in [4.78, 5) is 27.0. The topological polar surface area (TPSA) is 67.2 Å². The van der Waals surface area contributed by atoms with E-state index in [2.05, 4.69) is 24.0 Å². The van der Waals surface area contributed by atoms with Gasteiger partial charge in [0.05, 0.1) is 16.8 Å². The van der Waals surface area contributed by atoms with E-state index < -0.39 is 0 Å². The highest BCUT2D eigenvalue weighted by molar-refractivity contribution is 5.91. The number of benzene rings is 2. The average Bonchev–Trinajstić information content (AvgIpc) is 3.24. The molecule has 0 spiro atoms. The van der Waals surface area contributed by atoms with Gasteiger partial charge in [0, 0.05) is 39.0 Å². The number of hydrogen-bond donors (Lipinski definition) is 0. The summed E-state index contributed by atoms with van der Waals surface area (Å²) in [5.41, 5.74) is 3.97. The number of carbonyl (C=O) groups excluding carboxylic acids is 1. The van der Waals surface area contributed by atoms with E-state index in [4.69, 9.17) is 15.1 Å². The van der Waals surface area contributed by atoms with E-state index in [1.54, 1.807) is 0 Å². The lowest BCUT2D eigenvalue weighted by Gasteiger charge is -2.36. The molecule has 0 bridgehead atoms. The van der Waals surface area contributed by atoms with Crippen LogP contribution in [0.4, 0.5) is 5.82 Å². The first-order chi connectivity index (χ1) is 17.1. The number of amides is 1. The van der Waals surface area contributed by atoms with Crippen LogP contribution in [0.15, 0.2) is 60.7 Å². The molecule has 7 heteroatoms. The van der Waals surface area contributed by atoms with Gasteiger partial charge in [-0.25, -0.2) is 14.6 Å². The smallest absolute Gasteiger partial charge is 0.223 e. The molecule has 0 unspecified atom stereocenters. The predicted octanol–water partition coefficient (Wildman–Crippen LogP) is 4.36. The SMILES string of the molecule is CCCc1nc(N2CCN(C(=O)CCc3ccccc3)CC2)c2c(C)nn(-c3ccccc3)c2n1. The largest absolute Gasteiger partial charge is 0.352 e. The molecule has 0 atom stereocenters. The summed E-state index contributed by atoms with van der Waals surface area (Å²) >= 11 is 0. The van der Waals surface area contributed by atoms with Crippen LogP contribution in [0.1, 0.15) is 36.8 Å². The van der Waals surface area contributed by atoms with Crippen molar-refractivity contribution in [2.75, 3.05) is 31.1 Å². The van der Waals surface area contributed by atoms with Crippen molar-refractivity contribution in [3.8, 4) is 5.69 Å². The number of aryl methyl sites for hydroxylation is 3. The molecular weight excluding hydrogens is 436 g/mol. The zero-order valence-electron chi connectivity index (χ0n) is 20.5. The zero-order valence-corrected chi connectivity index (χ0v) is 20.5. The van der Waals surface area contributed by atoms with Gasteiger partial charge in [-0.1, -0.05) is 55.5 Å². The third kappa shape index (κ3) is 4.90. The average molecular weight is 469 g/mol. The van der Waals surface area contributed by atoms with Gasteiger partial charge in [-0.05, 0) is 37.5 Å². The molecule has 180 valence electrons. The molecule has 2 aromatic carbocycles. The lowest BCUT2D eigenvalue weighted by molar-refractivity contribution is -0.131. The minimum Gasteiger partial charge on any atom is -0.352 e. The number of hydrogen-bond acceptors (Lipinski definition) is 5. The zero-order chi connectivity index (χ0) is 24.2. The maximum atomic E-state index is 12.8. The monoisotopic (exact) mass is 468 g/mol. The molecule has 0 aliphatic carbocycles. The first kappa shape index (κ1) is 23.0. The Hall–Kier alpha value is -3.74. The summed E-state index contributed by atoms with van der Waals surface area (Å²) in [5, 5.41) is 5.83. The number of rotatable bonds is 7. The van der Waals surface area contributed by atoms with Gasteiger partial charge in [0.25, 0.3) is 0 Å². The van der Waals surface area contributed by atoms with Gasteiger partial charge >= 0.3 is 0 Å². The molecule has 3 heterocycles. The highest BCUT2D eigenvalue weighted by Crippen LogP contribution is 2.30. The van der Waals surface area contributed by atoms with E-state index in [0.717, 1.165) is 66.4 Å². The molecule has 0 radical (unpaired) electrons. The lowest BCUT2D eigenvalue weighted by atomic mass is 10.1. The predicted molar refractivity (Wildman–Crippen MR) is 139 cm³/mol. The molecule has 35 heavy (non-hydrogen) atoms. The Kier molecular flexibility index (Phi) is 6.75. The first-order valence-corrected chi connectivity index (χ1v) is 12.5. The van der Waals surface area contributed by atoms with E-state index in [0.29, 0.717) is 19.5 Å². The summed E-state index contributed by atoms with van der Waals surface area (Å²) in [6, 6.07) is 20.3. The van der Waals surface area contributed by atoms with Crippen molar-refractivity contribution in [3.63, 3.8) is 0 Å². The van der Waals surface area contributed by atoms with Crippen molar-refractivity contribution in [2.24, 2.45) is 0 Å². The molecular formula is C28H32N6O. The normalized spacial score (nSPS) is 14.0. The van der Waals surface area contributed by atoms with E-state index >= 15 is 0 Å². The number of aromatic nitrogens is 4. The van der Waals surface area contributed by atoms with Crippen LogP contribution in [0.5, 0.6) is 0 Å². The van der Waals surface area contributed by atoms with Crippen molar-refractivity contribution in [2.45, 2.75) is 39.5 Å². The number of para-hydroxylation sites is 1. The highest BCUT2D eigenvalue weighted by Gasteiger charge is 2.26. The third-order valence-electron chi connectivity index (χ3n) is 6.61. The minimum atomic E-state index is 0.223. The quantitative estimate of drug-likeness (QED) is 0.403. The number of nitrogens with zero attached hydrogens (tertiary/aromatic N) is 6. The number of piperazine rings is 1. The molecule has 1 saturated heterocycles. The van der Waals surface area contributed by atoms with Crippen LogP contribution in [0.25, 0.3) is 16.7 Å². The van der Waals surface area contributed by atoms with Gasteiger partial charge in [-0.3, -0.25) is 4.79 Å². The number of carbonyl (C=O) groups is 1. The summed E-state index contributed by atoms with van der Waals surface area (Å²) in [6.07, 6.45) is 3.13. The molecule has 1 amide bonds. The standard InChI is InChI=1S/C28H32N6O/c1-3-10-24-29-27(26-21(2)31-34(28(26)30-24)23-13-8-5-9-14-23)33-19-17-32(18-20-33)25(35)16-15-22-11-6-4-7-12-22/h4-9,11-14H,3,10,15-20H2,1-2H3. The van der Waals surface area contributed by atoms with E-state index in [1.165, 1.54) is 5.56 Å². The summed E-state index contributed by atoms with van der Waals surface area (Å²) < 4.78 is 1.93. The number of anilines is 1. The summed E-state index contributed by atoms with van der Waals surface area (Å²) in [5.74, 6) is 2.00. The van der Waals surface area contributed by atoms with Crippen molar-refractivity contribution < 1.29 is 4.79 Å². The Morgan fingerprint density at radius 1 is 0.886 bits per heavy atom. The van der Waals surface area contributed by atoms with Crippen molar-refractivity contribution in [1.29, 1.82) is 0 Å². The van der Waals surface area contributed by atoms with Gasteiger partial charge in [0.15, 0.2) is 5.65 Å². The molecule has 0 saturated carbocycles. The minimum absolute atomic E-state index is 0.223. The van der Waals surface area contributed by atoms with Crippen LogP contribution in [0.2, 0.25) is 0 Å². The fraction of sp³-hybridized carbons (Fsp3) is 0.357. The van der Waals surface area contributed by atoms with Crippen LogP contribution in [-0.4, -0.2) is 56.7 Å². The van der Waals surface area contributed by atoms with Crippen molar-refractivity contribution >= 4 is 22.8 Å². The maximum Gasteiger partial charge on any atom is 0.223 e. The maximum absolute atomic E-state index is 12.8. The van der Waals surface area contributed by atoms with Gasteiger partial charge in [0.2, 0.25) is 5.91 Å². The van der Waals surface area contributed by atoms with Crippen LogP contribution < -0.4 is 4.90 Å². The second-order valence-electron chi connectivity index (χ2n) is 9.10. The molecule has 0 N–H and O–H groups in total. The molecule has 7 nitrogen and oxygen atoms in total. The van der Waals surface area contributed by atoms with Gasteiger partial charge in [-0.2, -0.15) is 5.10 Å². The Morgan fingerprint density at radius 3 is 2.26 bits per heavy atom. The molecule has 1 aliphatic heterocycles. The first-order valence-electron chi connectivity index (χ1n) is 12.5. The van der Waals surface area contributed by atoms with Crippen LogP contribution in [0.3, 0.4) is 0 Å². The Morgan fingerprint density at radius 2 is 1.57 bits per heavy atom. The summed E-state index contributed by atoms with van der Waals surface area (Å²) in [6.45, 7) is 7.09. The molecule has 5 rings (SSSR count). The highest BCUT2D eigenvalue weighted by atomic mass is 16.2. The fourth-order valence-electron chi connectivity index (χ4n) is 4.74. The van der Waals surface area contributed by atoms with Crippen molar-refractivity contribution in [1.82, 2.24) is 24.6 Å². The third-order valence-corrected chi connectivity index (χ3v) is 6.61. The molecule has 1 fully saturated rings. The Bertz CT molecular complexity index is 1290. The van der Waals surface area contributed by atoms with Gasteiger partial charge < -0.3 is 9.80 Å². The molecule has 1 aliphatic rings.